The van der Waals surface area contributed by atoms with Crippen molar-refractivity contribution in [3.8, 4) is 31.3 Å². The molecule has 36 heavy (non-hydrogen) atoms. The second kappa shape index (κ2) is 10.1. The molecule has 6 rings (SSSR count). The Hall–Kier alpha value is -3.77. The van der Waals surface area contributed by atoms with Crippen molar-refractivity contribution in [2.75, 3.05) is 4.90 Å². The summed E-state index contributed by atoms with van der Waals surface area (Å²) in [4.78, 5) is 17.8. The molecule has 3 aromatic heterocycles. The molecule has 0 atom stereocenters. The van der Waals surface area contributed by atoms with E-state index in [1.807, 2.05) is 12.1 Å². The molecule has 0 N–H and O–H groups in total. The second-order valence-corrected chi connectivity index (χ2v) is 11.3. The van der Waals surface area contributed by atoms with Crippen molar-refractivity contribution in [2.24, 2.45) is 0 Å². The molecule has 2 nitrogen and oxygen atoms in total. The molecule has 3 heterocycles. The van der Waals surface area contributed by atoms with E-state index in [1.54, 1.807) is 22.7 Å². The van der Waals surface area contributed by atoms with E-state index in [-0.39, 0.29) is 0 Å². The van der Waals surface area contributed by atoms with Gasteiger partial charge in [0.15, 0.2) is 6.29 Å². The molecule has 0 aliphatic heterocycles. The summed E-state index contributed by atoms with van der Waals surface area (Å²) < 4.78 is 0. The molecule has 5 heteroatoms. The fourth-order valence-corrected chi connectivity index (χ4v) is 6.52. The molecule has 0 saturated heterocycles. The minimum absolute atomic E-state index is 0.743. The molecule has 6 aromatic rings. The van der Waals surface area contributed by atoms with Crippen LogP contribution in [0.1, 0.15) is 9.67 Å². The van der Waals surface area contributed by atoms with Crippen LogP contribution in [0.4, 0.5) is 17.1 Å². The van der Waals surface area contributed by atoms with Gasteiger partial charge in [-0.15, -0.1) is 34.0 Å². The lowest BCUT2D eigenvalue weighted by Crippen LogP contribution is -2.09. The van der Waals surface area contributed by atoms with Crippen molar-refractivity contribution in [3.05, 3.63) is 125 Å². The Morgan fingerprint density at radius 1 is 0.500 bits per heavy atom. The molecule has 0 fully saturated rings. The van der Waals surface area contributed by atoms with Gasteiger partial charge in [0, 0.05) is 31.7 Å². The Kier molecular flexibility index (Phi) is 6.35. The number of aldehydes is 1. The van der Waals surface area contributed by atoms with Gasteiger partial charge < -0.3 is 4.90 Å². The summed E-state index contributed by atoms with van der Waals surface area (Å²) in [5.74, 6) is 0. The Labute approximate surface area is 222 Å². The van der Waals surface area contributed by atoms with Crippen LogP contribution in [0.2, 0.25) is 0 Å². The van der Waals surface area contributed by atoms with Gasteiger partial charge in [-0.25, -0.2) is 0 Å². The molecule has 0 bridgehead atoms. The first-order chi connectivity index (χ1) is 17.8. The molecule has 3 aromatic carbocycles. The van der Waals surface area contributed by atoms with Crippen molar-refractivity contribution in [2.45, 2.75) is 0 Å². The third kappa shape index (κ3) is 4.56. The summed E-state index contributed by atoms with van der Waals surface area (Å²) in [6.45, 7) is 0. The highest BCUT2D eigenvalue weighted by molar-refractivity contribution is 7.17. The van der Waals surface area contributed by atoms with Crippen LogP contribution in [0.25, 0.3) is 31.3 Å². The van der Waals surface area contributed by atoms with E-state index in [4.69, 9.17) is 0 Å². The number of rotatable bonds is 7. The molecular formula is C31H21NOS3. The predicted molar refractivity (Wildman–Crippen MR) is 156 cm³/mol. The molecule has 174 valence electrons. The minimum atomic E-state index is 0.743. The van der Waals surface area contributed by atoms with Gasteiger partial charge in [0.25, 0.3) is 0 Å². The molecule has 0 aliphatic carbocycles. The van der Waals surface area contributed by atoms with E-state index < -0.39 is 0 Å². The second-order valence-electron chi connectivity index (χ2n) is 8.25. The first-order valence-corrected chi connectivity index (χ1v) is 14.1. The molecule has 0 aliphatic rings. The quantitative estimate of drug-likeness (QED) is 0.196. The van der Waals surface area contributed by atoms with Crippen LogP contribution in [0.5, 0.6) is 0 Å². The monoisotopic (exact) mass is 519 g/mol. The maximum Gasteiger partial charge on any atom is 0.160 e. The van der Waals surface area contributed by atoms with E-state index in [1.165, 1.54) is 32.2 Å². The third-order valence-corrected chi connectivity index (χ3v) is 8.91. The highest BCUT2D eigenvalue weighted by Crippen LogP contribution is 2.38. The third-order valence-electron chi connectivity index (χ3n) is 6.02. The zero-order valence-corrected chi connectivity index (χ0v) is 21.7. The van der Waals surface area contributed by atoms with Crippen LogP contribution in [-0.4, -0.2) is 6.29 Å². The lowest BCUT2D eigenvalue weighted by atomic mass is 10.1. The Morgan fingerprint density at radius 2 is 0.944 bits per heavy atom. The number of nitrogens with zero attached hydrogens (tertiary/aromatic N) is 1. The molecule has 0 spiro atoms. The zero-order valence-electron chi connectivity index (χ0n) is 19.2. The summed E-state index contributed by atoms with van der Waals surface area (Å²) in [5, 5.41) is 4.22. The lowest BCUT2D eigenvalue weighted by molar-refractivity contribution is 0.112. The summed E-state index contributed by atoms with van der Waals surface area (Å²) in [5.41, 5.74) is 6.84. The van der Waals surface area contributed by atoms with Crippen LogP contribution in [0.3, 0.4) is 0 Å². The maximum absolute atomic E-state index is 11.1. The lowest BCUT2D eigenvalue weighted by Gasteiger charge is -2.26. The summed E-state index contributed by atoms with van der Waals surface area (Å²) in [6.07, 6.45) is 0.907. The van der Waals surface area contributed by atoms with Crippen molar-refractivity contribution in [3.63, 3.8) is 0 Å². The molecule has 0 saturated carbocycles. The van der Waals surface area contributed by atoms with Crippen LogP contribution < -0.4 is 4.90 Å². The highest BCUT2D eigenvalue weighted by Gasteiger charge is 2.14. The minimum Gasteiger partial charge on any atom is -0.311 e. The van der Waals surface area contributed by atoms with Gasteiger partial charge in [-0.1, -0.05) is 48.5 Å². The van der Waals surface area contributed by atoms with Crippen molar-refractivity contribution < 1.29 is 4.79 Å². The SMILES string of the molecule is O=Cc1ccc(-c2ccc(N(c3ccc(-c4cccs4)cc3)c3ccc(-c4cccs4)cc3)cc2)s1. The number of hydrogen-bond acceptors (Lipinski definition) is 5. The van der Waals surface area contributed by atoms with Crippen molar-refractivity contribution >= 4 is 57.4 Å². The van der Waals surface area contributed by atoms with E-state index in [0.29, 0.717) is 0 Å². The molecule has 0 radical (unpaired) electrons. The van der Waals surface area contributed by atoms with Crippen LogP contribution in [0.15, 0.2) is 120 Å². The van der Waals surface area contributed by atoms with E-state index in [9.17, 15) is 4.79 Å². The van der Waals surface area contributed by atoms with Gasteiger partial charge in [-0.2, -0.15) is 0 Å². The smallest absolute Gasteiger partial charge is 0.160 e. The fraction of sp³-hybridized carbons (Fsp3) is 0. The Balaban J connectivity index is 1.38. The van der Waals surface area contributed by atoms with E-state index in [0.717, 1.165) is 38.7 Å². The maximum atomic E-state index is 11.1. The van der Waals surface area contributed by atoms with Crippen LogP contribution >= 0.6 is 34.0 Å². The number of thiophene rings is 3. The highest BCUT2D eigenvalue weighted by atomic mass is 32.1. The largest absolute Gasteiger partial charge is 0.311 e. The number of anilines is 3. The standard InChI is InChI=1S/C31H21NOS3/c33-21-28-17-18-31(36-28)24-9-15-27(16-10-24)32(25-11-5-22(6-12-25)29-3-1-19-34-29)26-13-7-23(8-14-26)30-4-2-20-35-30/h1-21H. The summed E-state index contributed by atoms with van der Waals surface area (Å²) in [7, 11) is 0. The van der Waals surface area contributed by atoms with Crippen molar-refractivity contribution in [1.82, 2.24) is 0 Å². The van der Waals surface area contributed by atoms with Gasteiger partial charge in [0.2, 0.25) is 0 Å². The van der Waals surface area contributed by atoms with E-state index in [2.05, 4.69) is 113 Å². The molecule has 0 unspecified atom stereocenters. The summed E-state index contributed by atoms with van der Waals surface area (Å²) in [6, 6.07) is 38.4. The predicted octanol–water partition coefficient (Wildman–Crippen LogP) is 10.2. The van der Waals surface area contributed by atoms with Gasteiger partial charge in [-0.05, 0) is 88.1 Å². The average Bonchev–Trinajstić information content (AvgIpc) is 3.73. The first kappa shape index (κ1) is 22.7. The molecule has 0 amide bonds. The van der Waals surface area contributed by atoms with Crippen LogP contribution in [0, 0.1) is 0 Å². The van der Waals surface area contributed by atoms with Gasteiger partial charge in [0.05, 0.1) is 4.88 Å². The average molecular weight is 520 g/mol. The van der Waals surface area contributed by atoms with Gasteiger partial charge in [-0.3, -0.25) is 4.79 Å². The Bertz CT molecular complexity index is 1480. The number of carbonyl (C=O) groups excluding carboxylic acids is 1. The number of benzene rings is 3. The van der Waals surface area contributed by atoms with Gasteiger partial charge >= 0.3 is 0 Å². The topological polar surface area (TPSA) is 20.3 Å². The fourth-order valence-electron chi connectivity index (χ4n) is 4.23. The number of hydrogen-bond donors (Lipinski definition) is 0. The normalized spacial score (nSPS) is 10.9. The summed E-state index contributed by atoms with van der Waals surface area (Å²) >= 11 is 5.02. The molecular weight excluding hydrogens is 499 g/mol. The Morgan fingerprint density at radius 3 is 1.31 bits per heavy atom. The van der Waals surface area contributed by atoms with Crippen molar-refractivity contribution in [1.29, 1.82) is 0 Å². The van der Waals surface area contributed by atoms with Crippen LogP contribution in [-0.2, 0) is 0 Å². The van der Waals surface area contributed by atoms with Gasteiger partial charge in [0.1, 0.15) is 0 Å². The van der Waals surface area contributed by atoms with E-state index >= 15 is 0 Å². The first-order valence-electron chi connectivity index (χ1n) is 11.5. The number of carbonyl (C=O) groups is 1. The zero-order chi connectivity index (χ0) is 24.3.